The number of hydrogen-bond acceptors (Lipinski definition) is 6. The Kier molecular flexibility index (Phi) is 7.67. The first-order chi connectivity index (χ1) is 20.6. The number of nitrogens with zero attached hydrogens (tertiary/aromatic N) is 4. The van der Waals surface area contributed by atoms with Crippen molar-refractivity contribution in [3.8, 4) is 22.8 Å². The summed E-state index contributed by atoms with van der Waals surface area (Å²) in [7, 11) is 0. The Balaban J connectivity index is 1.52. The molecule has 0 spiro atoms. The van der Waals surface area contributed by atoms with E-state index >= 15 is 0 Å². The second-order valence-electron chi connectivity index (χ2n) is 9.34. The predicted molar refractivity (Wildman–Crippen MR) is 146 cm³/mol. The number of benzene rings is 3. The molecular weight excluding hydrogens is 620 g/mol. The van der Waals surface area contributed by atoms with E-state index in [4.69, 9.17) is 16.3 Å². The molecule has 0 saturated heterocycles. The number of aryl methyl sites for hydroxylation is 1. The lowest BCUT2D eigenvalue weighted by Crippen LogP contribution is -2.16. The minimum Gasteiger partial charge on any atom is -0.457 e. The normalized spacial score (nSPS) is 11.9. The molecule has 2 aromatic heterocycles. The highest BCUT2D eigenvalue weighted by Gasteiger charge is 2.37. The van der Waals surface area contributed by atoms with Crippen LogP contribution in [0.3, 0.4) is 0 Å². The number of carbonyl (C=O) groups is 1. The molecule has 0 fully saturated rings. The van der Waals surface area contributed by atoms with Gasteiger partial charge in [-0.1, -0.05) is 47.5 Å². The number of carbonyl (C=O) groups excluding carboxylic acids is 1. The number of amides is 1. The maximum absolute atomic E-state index is 14.0. The van der Waals surface area contributed by atoms with Crippen molar-refractivity contribution in [2.75, 3.05) is 5.32 Å². The average molecular weight is 636 g/mol. The minimum atomic E-state index is -4.93. The smallest absolute Gasteiger partial charge is 0.433 e. The highest BCUT2D eigenvalue weighted by atomic mass is 35.5. The van der Waals surface area contributed by atoms with Gasteiger partial charge < -0.3 is 10.1 Å². The van der Waals surface area contributed by atoms with E-state index in [1.165, 1.54) is 6.07 Å². The molecule has 0 aliphatic rings. The standard InChI is InChI=1S/C28H16ClF6N5O4/c1-14-5-7-15(8-6-14)21-13-22(28(33,34)35)39-25(37-21)23(29)24(38-39)26(41)36-17-10-18(40(42)43)12-20(11-17)44-19-4-2-3-16(9-19)27(30,31)32/h2-13H,1H3,(H,36,41). The summed E-state index contributed by atoms with van der Waals surface area (Å²) in [4.78, 5) is 28.0. The van der Waals surface area contributed by atoms with Crippen molar-refractivity contribution in [1.29, 1.82) is 0 Å². The molecule has 44 heavy (non-hydrogen) atoms. The zero-order valence-corrected chi connectivity index (χ0v) is 22.8. The van der Waals surface area contributed by atoms with Gasteiger partial charge in [-0.3, -0.25) is 14.9 Å². The molecule has 0 aliphatic heterocycles. The summed E-state index contributed by atoms with van der Waals surface area (Å²) < 4.78 is 87.1. The van der Waals surface area contributed by atoms with Crippen LogP contribution >= 0.6 is 11.6 Å². The lowest BCUT2D eigenvalue weighted by molar-refractivity contribution is -0.384. The topological polar surface area (TPSA) is 112 Å². The number of rotatable bonds is 6. The van der Waals surface area contributed by atoms with Gasteiger partial charge in [0, 0.05) is 17.7 Å². The quantitative estimate of drug-likeness (QED) is 0.114. The molecule has 0 bridgehead atoms. The Labute approximate surface area is 247 Å². The van der Waals surface area contributed by atoms with Crippen molar-refractivity contribution in [3.05, 3.63) is 110 Å². The maximum Gasteiger partial charge on any atom is 0.433 e. The Morgan fingerprint density at radius 3 is 2.30 bits per heavy atom. The fourth-order valence-electron chi connectivity index (χ4n) is 4.09. The molecule has 0 aliphatic carbocycles. The third kappa shape index (κ3) is 6.27. The molecule has 5 aromatic rings. The predicted octanol–water partition coefficient (Wildman–Crippen LogP) is 8.35. The summed E-state index contributed by atoms with van der Waals surface area (Å²) in [5.74, 6) is -1.79. The van der Waals surface area contributed by atoms with Gasteiger partial charge in [-0.15, -0.1) is 0 Å². The largest absolute Gasteiger partial charge is 0.457 e. The third-order valence-electron chi connectivity index (χ3n) is 6.14. The summed E-state index contributed by atoms with van der Waals surface area (Å²) in [5, 5.41) is 16.9. The van der Waals surface area contributed by atoms with Gasteiger partial charge in [-0.05, 0) is 31.2 Å². The number of nitro groups is 1. The molecule has 3 aromatic carbocycles. The first kappa shape index (κ1) is 30.3. The molecule has 0 atom stereocenters. The van der Waals surface area contributed by atoms with Crippen LogP contribution in [-0.4, -0.2) is 25.4 Å². The second kappa shape index (κ2) is 11.1. The molecule has 5 rings (SSSR count). The van der Waals surface area contributed by atoms with Crippen LogP contribution in [0.15, 0.2) is 72.8 Å². The number of alkyl halides is 6. The first-order valence-electron chi connectivity index (χ1n) is 12.3. The number of halogens is 7. The number of nitrogens with one attached hydrogen (secondary N) is 1. The SMILES string of the molecule is Cc1ccc(-c2cc(C(F)(F)F)n3nc(C(=O)Nc4cc(Oc5cccc(C(F)(F)F)c5)cc([N+](=O)[O-])c4)c(Cl)c3n2)cc1. The van der Waals surface area contributed by atoms with Crippen LogP contribution in [0, 0.1) is 17.0 Å². The van der Waals surface area contributed by atoms with E-state index in [1.54, 1.807) is 31.2 Å². The Morgan fingerprint density at radius 2 is 1.66 bits per heavy atom. The van der Waals surface area contributed by atoms with Gasteiger partial charge in [0.15, 0.2) is 17.0 Å². The zero-order chi connectivity index (χ0) is 32.0. The van der Waals surface area contributed by atoms with Crippen LogP contribution < -0.4 is 10.1 Å². The summed E-state index contributed by atoms with van der Waals surface area (Å²) in [5.41, 5.74) is -3.26. The molecular formula is C28H16ClF6N5O4. The summed E-state index contributed by atoms with van der Waals surface area (Å²) >= 11 is 6.30. The fourth-order valence-corrected chi connectivity index (χ4v) is 4.34. The zero-order valence-electron chi connectivity index (χ0n) is 22.0. The molecule has 1 N–H and O–H groups in total. The fraction of sp³-hybridized carbons (Fsp3) is 0.107. The van der Waals surface area contributed by atoms with Crippen molar-refractivity contribution in [2.45, 2.75) is 19.3 Å². The first-order valence-corrected chi connectivity index (χ1v) is 12.7. The van der Waals surface area contributed by atoms with Crippen LogP contribution in [0.4, 0.5) is 37.7 Å². The summed E-state index contributed by atoms with van der Waals surface area (Å²) in [6.07, 6.45) is -9.62. The van der Waals surface area contributed by atoms with E-state index in [0.717, 1.165) is 42.0 Å². The lowest BCUT2D eigenvalue weighted by atomic mass is 10.1. The van der Waals surface area contributed by atoms with Gasteiger partial charge >= 0.3 is 12.4 Å². The van der Waals surface area contributed by atoms with Gasteiger partial charge in [-0.25, -0.2) is 9.50 Å². The van der Waals surface area contributed by atoms with Crippen molar-refractivity contribution >= 4 is 34.5 Å². The summed E-state index contributed by atoms with van der Waals surface area (Å²) in [6, 6.07) is 13.8. The van der Waals surface area contributed by atoms with Crippen LogP contribution in [-0.2, 0) is 12.4 Å². The number of aromatic nitrogens is 3. The Morgan fingerprint density at radius 1 is 0.955 bits per heavy atom. The highest BCUT2D eigenvalue weighted by molar-refractivity contribution is 6.37. The van der Waals surface area contributed by atoms with E-state index in [-0.39, 0.29) is 22.9 Å². The Bertz CT molecular complexity index is 1920. The van der Waals surface area contributed by atoms with E-state index in [9.17, 15) is 41.3 Å². The van der Waals surface area contributed by atoms with Gasteiger partial charge in [-0.2, -0.15) is 31.4 Å². The van der Waals surface area contributed by atoms with Crippen molar-refractivity contribution in [2.24, 2.45) is 0 Å². The van der Waals surface area contributed by atoms with E-state index < -0.39 is 56.5 Å². The molecule has 0 radical (unpaired) electrons. The number of non-ortho nitro benzene ring substituents is 1. The average Bonchev–Trinajstić information content (AvgIpc) is 3.28. The van der Waals surface area contributed by atoms with Gasteiger partial charge in [0.2, 0.25) is 0 Å². The van der Waals surface area contributed by atoms with Crippen LogP contribution in [0.25, 0.3) is 16.9 Å². The number of fused-ring (bicyclic) bond motifs is 1. The lowest BCUT2D eigenvalue weighted by Gasteiger charge is -2.11. The molecule has 16 heteroatoms. The monoisotopic (exact) mass is 635 g/mol. The van der Waals surface area contributed by atoms with Gasteiger partial charge in [0.1, 0.15) is 16.5 Å². The van der Waals surface area contributed by atoms with Crippen LogP contribution in [0.1, 0.15) is 27.3 Å². The maximum atomic E-state index is 14.0. The molecule has 226 valence electrons. The molecule has 2 heterocycles. The van der Waals surface area contributed by atoms with Gasteiger partial charge in [0.05, 0.1) is 27.9 Å². The number of nitro benzene ring substituents is 1. The van der Waals surface area contributed by atoms with Crippen LogP contribution in [0.2, 0.25) is 5.02 Å². The van der Waals surface area contributed by atoms with E-state index in [0.29, 0.717) is 16.1 Å². The molecule has 0 saturated carbocycles. The number of hydrogen-bond donors (Lipinski definition) is 1. The number of ether oxygens (including phenoxy) is 1. The summed E-state index contributed by atoms with van der Waals surface area (Å²) in [6.45, 7) is 1.79. The molecule has 0 unspecified atom stereocenters. The van der Waals surface area contributed by atoms with Crippen molar-refractivity contribution in [1.82, 2.24) is 14.6 Å². The third-order valence-corrected chi connectivity index (χ3v) is 6.49. The van der Waals surface area contributed by atoms with Crippen molar-refractivity contribution in [3.63, 3.8) is 0 Å². The highest BCUT2D eigenvalue weighted by Crippen LogP contribution is 2.37. The van der Waals surface area contributed by atoms with E-state index in [1.807, 2.05) is 0 Å². The van der Waals surface area contributed by atoms with Crippen molar-refractivity contribution < 1.29 is 40.8 Å². The molecule has 1 amide bonds. The second-order valence-corrected chi connectivity index (χ2v) is 9.72. The van der Waals surface area contributed by atoms with E-state index in [2.05, 4.69) is 15.4 Å². The molecule has 9 nitrogen and oxygen atoms in total. The number of anilines is 1. The van der Waals surface area contributed by atoms with Gasteiger partial charge in [0.25, 0.3) is 11.6 Å². The van der Waals surface area contributed by atoms with Crippen LogP contribution in [0.5, 0.6) is 11.5 Å². The minimum absolute atomic E-state index is 0.0892. The Hall–Kier alpha value is -5.18.